The van der Waals surface area contributed by atoms with Gasteiger partial charge in [-0.25, -0.2) is 8.42 Å². The summed E-state index contributed by atoms with van der Waals surface area (Å²) in [7, 11) is -1.13. The van der Waals surface area contributed by atoms with E-state index in [1.54, 1.807) is 0 Å². The summed E-state index contributed by atoms with van der Waals surface area (Å²) in [5, 5.41) is 0. The third-order valence-electron chi connectivity index (χ3n) is 4.50. The molecule has 0 aromatic heterocycles. The van der Waals surface area contributed by atoms with Gasteiger partial charge in [0.05, 0.1) is 5.75 Å². The van der Waals surface area contributed by atoms with Gasteiger partial charge in [-0.05, 0) is 45.7 Å². The van der Waals surface area contributed by atoms with Gasteiger partial charge in [0.2, 0.25) is 5.91 Å². The van der Waals surface area contributed by atoms with Crippen molar-refractivity contribution in [1.82, 2.24) is 9.80 Å². The molecule has 116 valence electrons. The Kier molecular flexibility index (Phi) is 5.07. The van der Waals surface area contributed by atoms with Crippen molar-refractivity contribution in [3.63, 3.8) is 0 Å². The molecule has 2 aliphatic heterocycles. The van der Waals surface area contributed by atoms with Crippen LogP contribution in [-0.4, -0.2) is 67.9 Å². The highest BCUT2D eigenvalue weighted by Gasteiger charge is 2.39. The van der Waals surface area contributed by atoms with Crippen LogP contribution < -0.4 is 0 Å². The Hall–Kier alpha value is -0.620. The zero-order valence-corrected chi connectivity index (χ0v) is 13.4. The van der Waals surface area contributed by atoms with E-state index in [1.807, 2.05) is 11.8 Å². The summed E-state index contributed by atoms with van der Waals surface area (Å²) in [4.78, 5) is 16.5. The van der Waals surface area contributed by atoms with E-state index in [0.717, 1.165) is 32.4 Å². The van der Waals surface area contributed by atoms with Crippen LogP contribution in [0.15, 0.2) is 0 Å². The van der Waals surface area contributed by atoms with Crippen LogP contribution in [0.25, 0.3) is 0 Å². The molecule has 0 aliphatic carbocycles. The Labute approximate surface area is 122 Å². The standard InChI is InChI=1S/C14H26N2O3S/c1-3-10-20(18,19)11-14(17)16-9-5-7-13(16)12-6-4-8-15(12)2/h12-13H,3-11H2,1-2H3/t12-,13+/m1/s1. The molecule has 0 radical (unpaired) electrons. The van der Waals surface area contributed by atoms with Crippen molar-refractivity contribution >= 4 is 15.7 Å². The van der Waals surface area contributed by atoms with E-state index >= 15 is 0 Å². The van der Waals surface area contributed by atoms with E-state index in [1.165, 1.54) is 6.42 Å². The molecule has 6 heteroatoms. The first-order chi connectivity index (χ1) is 9.44. The molecule has 0 spiro atoms. The first kappa shape index (κ1) is 15.8. The van der Waals surface area contributed by atoms with Crippen LogP contribution in [0, 0.1) is 0 Å². The molecular formula is C14H26N2O3S. The molecule has 0 bridgehead atoms. The molecule has 2 fully saturated rings. The number of likely N-dealkylation sites (tertiary alicyclic amines) is 2. The molecule has 0 aromatic rings. The third kappa shape index (κ3) is 3.52. The zero-order valence-electron chi connectivity index (χ0n) is 12.5. The van der Waals surface area contributed by atoms with Gasteiger partial charge in [0.15, 0.2) is 9.84 Å². The Morgan fingerprint density at radius 3 is 2.40 bits per heavy atom. The Morgan fingerprint density at radius 1 is 1.15 bits per heavy atom. The molecule has 0 unspecified atom stereocenters. The van der Waals surface area contributed by atoms with Crippen LogP contribution in [0.3, 0.4) is 0 Å². The SMILES string of the molecule is CCCS(=O)(=O)CC(=O)N1CCC[C@H]1[C@H]1CCCN1C. The number of amides is 1. The maximum Gasteiger partial charge on any atom is 0.238 e. The van der Waals surface area contributed by atoms with Crippen LogP contribution in [0.4, 0.5) is 0 Å². The first-order valence-electron chi connectivity index (χ1n) is 7.64. The van der Waals surface area contributed by atoms with Gasteiger partial charge in [-0.3, -0.25) is 4.79 Å². The van der Waals surface area contributed by atoms with Crippen molar-refractivity contribution < 1.29 is 13.2 Å². The predicted octanol–water partition coefficient (Wildman–Crippen LogP) is 0.896. The fourth-order valence-electron chi connectivity index (χ4n) is 3.58. The second-order valence-electron chi connectivity index (χ2n) is 6.08. The minimum Gasteiger partial charge on any atom is -0.337 e. The monoisotopic (exact) mass is 302 g/mol. The molecule has 0 saturated carbocycles. The van der Waals surface area contributed by atoms with Crippen molar-refractivity contribution in [1.29, 1.82) is 0 Å². The Morgan fingerprint density at radius 2 is 1.80 bits per heavy atom. The van der Waals surface area contributed by atoms with Crippen LogP contribution >= 0.6 is 0 Å². The summed E-state index contributed by atoms with van der Waals surface area (Å²) in [5.74, 6) is -0.393. The average Bonchev–Trinajstić information content (AvgIpc) is 2.95. The van der Waals surface area contributed by atoms with Gasteiger partial charge in [-0.15, -0.1) is 0 Å². The Bertz CT molecular complexity index is 449. The predicted molar refractivity (Wildman–Crippen MR) is 79.3 cm³/mol. The second-order valence-corrected chi connectivity index (χ2v) is 8.26. The van der Waals surface area contributed by atoms with Gasteiger partial charge in [-0.2, -0.15) is 0 Å². The van der Waals surface area contributed by atoms with Gasteiger partial charge in [0.25, 0.3) is 0 Å². The molecule has 2 saturated heterocycles. The summed E-state index contributed by atoms with van der Waals surface area (Å²) in [6, 6.07) is 0.627. The minimum atomic E-state index is -3.23. The number of likely N-dealkylation sites (N-methyl/N-ethyl adjacent to an activating group) is 1. The molecule has 0 N–H and O–H groups in total. The Balaban J connectivity index is 2.01. The summed E-state index contributed by atoms with van der Waals surface area (Å²) in [5.41, 5.74) is 0. The topological polar surface area (TPSA) is 57.7 Å². The van der Waals surface area contributed by atoms with E-state index in [4.69, 9.17) is 0 Å². The number of nitrogens with zero attached hydrogens (tertiary/aromatic N) is 2. The zero-order chi connectivity index (χ0) is 14.8. The van der Waals surface area contributed by atoms with Gasteiger partial charge in [0, 0.05) is 18.6 Å². The molecule has 0 aromatic carbocycles. The molecular weight excluding hydrogens is 276 g/mol. The number of carbonyl (C=O) groups is 1. The van der Waals surface area contributed by atoms with Crippen LogP contribution in [-0.2, 0) is 14.6 Å². The highest BCUT2D eigenvalue weighted by Crippen LogP contribution is 2.29. The van der Waals surface area contributed by atoms with Crippen molar-refractivity contribution in [2.45, 2.75) is 51.1 Å². The molecule has 2 aliphatic rings. The molecule has 20 heavy (non-hydrogen) atoms. The maximum absolute atomic E-state index is 12.3. The highest BCUT2D eigenvalue weighted by molar-refractivity contribution is 7.92. The lowest BCUT2D eigenvalue weighted by molar-refractivity contribution is -0.130. The minimum absolute atomic E-state index is 0.112. The summed E-state index contributed by atoms with van der Waals surface area (Å²) in [6.07, 6.45) is 4.87. The number of sulfone groups is 1. The van der Waals surface area contributed by atoms with E-state index in [9.17, 15) is 13.2 Å². The first-order valence-corrected chi connectivity index (χ1v) is 9.47. The van der Waals surface area contributed by atoms with Crippen molar-refractivity contribution in [3.8, 4) is 0 Å². The van der Waals surface area contributed by atoms with Crippen molar-refractivity contribution in [3.05, 3.63) is 0 Å². The maximum atomic E-state index is 12.3. The lowest BCUT2D eigenvalue weighted by Crippen LogP contribution is -2.48. The largest absolute Gasteiger partial charge is 0.337 e. The number of hydrogen-bond acceptors (Lipinski definition) is 4. The fraction of sp³-hybridized carbons (Fsp3) is 0.929. The average molecular weight is 302 g/mol. The molecule has 1 amide bonds. The molecule has 2 rings (SSSR count). The van der Waals surface area contributed by atoms with Gasteiger partial charge in [0.1, 0.15) is 5.75 Å². The number of hydrogen-bond donors (Lipinski definition) is 0. The number of rotatable bonds is 5. The van der Waals surface area contributed by atoms with Gasteiger partial charge in [-0.1, -0.05) is 6.92 Å². The lowest BCUT2D eigenvalue weighted by Gasteiger charge is -2.33. The van der Waals surface area contributed by atoms with Crippen molar-refractivity contribution in [2.24, 2.45) is 0 Å². The van der Waals surface area contributed by atoms with Crippen LogP contribution in [0.2, 0.25) is 0 Å². The second kappa shape index (κ2) is 6.43. The highest BCUT2D eigenvalue weighted by atomic mass is 32.2. The summed E-state index contributed by atoms with van der Waals surface area (Å²) in [6.45, 7) is 3.63. The number of carbonyl (C=O) groups excluding carboxylic acids is 1. The smallest absolute Gasteiger partial charge is 0.238 e. The van der Waals surface area contributed by atoms with E-state index in [0.29, 0.717) is 12.5 Å². The van der Waals surface area contributed by atoms with Crippen LogP contribution in [0.1, 0.15) is 39.0 Å². The van der Waals surface area contributed by atoms with E-state index in [-0.39, 0.29) is 23.5 Å². The van der Waals surface area contributed by atoms with Crippen molar-refractivity contribution in [2.75, 3.05) is 31.6 Å². The molecule has 2 heterocycles. The summed E-state index contributed by atoms with van der Waals surface area (Å²) >= 11 is 0. The van der Waals surface area contributed by atoms with E-state index < -0.39 is 9.84 Å². The normalized spacial score (nSPS) is 28.2. The third-order valence-corrected chi connectivity index (χ3v) is 6.22. The van der Waals surface area contributed by atoms with Gasteiger partial charge < -0.3 is 9.80 Å². The quantitative estimate of drug-likeness (QED) is 0.757. The molecule has 2 atom stereocenters. The summed E-state index contributed by atoms with van der Waals surface area (Å²) < 4.78 is 23.7. The van der Waals surface area contributed by atoms with Crippen LogP contribution in [0.5, 0.6) is 0 Å². The lowest BCUT2D eigenvalue weighted by atomic mass is 10.0. The van der Waals surface area contributed by atoms with Gasteiger partial charge >= 0.3 is 0 Å². The fourth-order valence-corrected chi connectivity index (χ4v) is 4.89. The molecule has 5 nitrogen and oxygen atoms in total. The van der Waals surface area contributed by atoms with E-state index in [2.05, 4.69) is 11.9 Å².